The van der Waals surface area contributed by atoms with Crippen molar-refractivity contribution in [2.45, 2.75) is 77.5 Å². The van der Waals surface area contributed by atoms with Crippen LogP contribution in [0.4, 0.5) is 0 Å². The maximum atomic E-state index is 12.3. The Bertz CT molecular complexity index is 439. The van der Waals surface area contributed by atoms with Crippen LogP contribution in [0.3, 0.4) is 0 Å². The number of ether oxygens (including phenoxy) is 1. The number of carbonyl (C=O) groups is 2. The summed E-state index contributed by atoms with van der Waals surface area (Å²) >= 11 is 0. The Hall–Kier alpha value is -1.14. The van der Waals surface area contributed by atoms with Gasteiger partial charge in [0.2, 0.25) is 11.8 Å². The summed E-state index contributed by atoms with van der Waals surface area (Å²) in [5, 5.41) is 2.66. The van der Waals surface area contributed by atoms with Crippen LogP contribution in [0.25, 0.3) is 0 Å². The number of hydrogen-bond acceptors (Lipinski definition) is 4. The van der Waals surface area contributed by atoms with Gasteiger partial charge >= 0.3 is 0 Å². The molecule has 0 aromatic carbocycles. The Labute approximate surface area is 151 Å². The number of hydrogen-bond donors (Lipinski definition) is 2. The fraction of sp³-hybridized carbons (Fsp3) is 0.895. The SMILES string of the molecule is CC1CCC(OC2CCN(C(=O)CNC(=O)[C@@H](N)C(C)C)CC2)CC1. The van der Waals surface area contributed by atoms with Gasteiger partial charge in [-0.2, -0.15) is 0 Å². The average molecular weight is 354 g/mol. The molecule has 1 heterocycles. The van der Waals surface area contributed by atoms with E-state index in [1.165, 1.54) is 25.7 Å². The third-order valence-electron chi connectivity index (χ3n) is 5.58. The molecule has 0 aromatic rings. The minimum atomic E-state index is -0.565. The largest absolute Gasteiger partial charge is 0.375 e. The average Bonchev–Trinajstić information content (AvgIpc) is 2.61. The fourth-order valence-electron chi connectivity index (χ4n) is 3.57. The maximum absolute atomic E-state index is 12.3. The molecule has 1 atom stereocenters. The number of likely N-dealkylation sites (tertiary alicyclic amines) is 1. The minimum Gasteiger partial charge on any atom is -0.375 e. The van der Waals surface area contributed by atoms with Gasteiger partial charge in [-0.05, 0) is 50.4 Å². The van der Waals surface area contributed by atoms with E-state index >= 15 is 0 Å². The lowest BCUT2D eigenvalue weighted by Gasteiger charge is -2.35. The summed E-state index contributed by atoms with van der Waals surface area (Å²) in [5.41, 5.74) is 5.79. The first-order valence-corrected chi connectivity index (χ1v) is 9.83. The van der Waals surface area contributed by atoms with Gasteiger partial charge in [-0.1, -0.05) is 20.8 Å². The van der Waals surface area contributed by atoms with Crippen molar-refractivity contribution in [1.29, 1.82) is 0 Å². The molecule has 2 fully saturated rings. The molecule has 0 spiro atoms. The van der Waals surface area contributed by atoms with E-state index in [1.54, 1.807) is 0 Å². The van der Waals surface area contributed by atoms with Gasteiger partial charge < -0.3 is 20.7 Å². The second-order valence-electron chi connectivity index (χ2n) is 8.09. The monoisotopic (exact) mass is 353 g/mol. The standard InChI is InChI=1S/C19H35N3O3/c1-13(2)18(20)19(24)21-12-17(23)22-10-8-16(9-11-22)25-15-6-4-14(3)5-7-15/h13-16,18H,4-12,20H2,1-3H3,(H,21,24)/t14?,15?,18-/m0/s1. The number of nitrogens with two attached hydrogens (primary N) is 1. The zero-order valence-corrected chi connectivity index (χ0v) is 16.0. The molecule has 2 aliphatic rings. The summed E-state index contributed by atoms with van der Waals surface area (Å²) in [6.45, 7) is 7.55. The lowest BCUT2D eigenvalue weighted by molar-refractivity contribution is -0.136. The van der Waals surface area contributed by atoms with Gasteiger partial charge in [0, 0.05) is 13.1 Å². The summed E-state index contributed by atoms with van der Waals surface area (Å²) in [6.07, 6.45) is 7.31. The van der Waals surface area contributed by atoms with Gasteiger partial charge in [0.05, 0.1) is 24.8 Å². The second-order valence-corrected chi connectivity index (χ2v) is 8.09. The van der Waals surface area contributed by atoms with E-state index in [2.05, 4.69) is 12.2 Å². The summed E-state index contributed by atoms with van der Waals surface area (Å²) in [5.74, 6) is 0.603. The molecule has 1 saturated carbocycles. The number of piperidine rings is 1. The normalized spacial score (nSPS) is 26.5. The van der Waals surface area contributed by atoms with E-state index in [0.717, 1.165) is 18.8 Å². The lowest BCUT2D eigenvalue weighted by atomic mass is 9.88. The highest BCUT2D eigenvalue weighted by atomic mass is 16.5. The summed E-state index contributed by atoms with van der Waals surface area (Å²) < 4.78 is 6.24. The number of nitrogens with one attached hydrogen (secondary N) is 1. The molecule has 3 N–H and O–H groups in total. The van der Waals surface area contributed by atoms with Crippen molar-refractivity contribution in [1.82, 2.24) is 10.2 Å². The fourth-order valence-corrected chi connectivity index (χ4v) is 3.57. The maximum Gasteiger partial charge on any atom is 0.241 e. The molecule has 6 nitrogen and oxygen atoms in total. The Kier molecular flexibility index (Phi) is 7.69. The van der Waals surface area contributed by atoms with Gasteiger partial charge in [-0.25, -0.2) is 0 Å². The van der Waals surface area contributed by atoms with Crippen LogP contribution in [0.15, 0.2) is 0 Å². The van der Waals surface area contributed by atoms with E-state index in [0.29, 0.717) is 19.2 Å². The van der Waals surface area contributed by atoms with Crippen LogP contribution in [-0.4, -0.2) is 54.6 Å². The van der Waals surface area contributed by atoms with Crippen LogP contribution >= 0.6 is 0 Å². The van der Waals surface area contributed by atoms with E-state index in [4.69, 9.17) is 10.5 Å². The molecule has 0 bridgehead atoms. The summed E-state index contributed by atoms with van der Waals surface area (Å²) in [4.78, 5) is 25.9. The Balaban J connectivity index is 1.65. The topological polar surface area (TPSA) is 84.7 Å². The highest BCUT2D eigenvalue weighted by Crippen LogP contribution is 2.28. The van der Waals surface area contributed by atoms with Crippen molar-refractivity contribution >= 4 is 11.8 Å². The summed E-state index contributed by atoms with van der Waals surface area (Å²) in [7, 11) is 0. The molecule has 2 rings (SSSR count). The Morgan fingerprint density at radius 1 is 1.08 bits per heavy atom. The molecular formula is C19H35N3O3. The zero-order valence-electron chi connectivity index (χ0n) is 16.0. The minimum absolute atomic E-state index is 0.0330. The third-order valence-corrected chi connectivity index (χ3v) is 5.58. The molecule has 25 heavy (non-hydrogen) atoms. The molecule has 2 amide bonds. The van der Waals surface area contributed by atoms with Gasteiger partial charge in [0.1, 0.15) is 0 Å². The van der Waals surface area contributed by atoms with Crippen LogP contribution in [0.5, 0.6) is 0 Å². The Morgan fingerprint density at radius 3 is 2.20 bits per heavy atom. The predicted molar refractivity (Wildman–Crippen MR) is 97.9 cm³/mol. The Morgan fingerprint density at radius 2 is 1.64 bits per heavy atom. The van der Waals surface area contributed by atoms with Crippen molar-refractivity contribution in [3.63, 3.8) is 0 Å². The zero-order chi connectivity index (χ0) is 18.4. The molecule has 1 aliphatic carbocycles. The predicted octanol–water partition coefficient (Wildman–Crippen LogP) is 1.67. The molecule has 144 valence electrons. The van der Waals surface area contributed by atoms with Crippen molar-refractivity contribution < 1.29 is 14.3 Å². The van der Waals surface area contributed by atoms with Gasteiger partial charge in [-0.3, -0.25) is 9.59 Å². The molecule has 0 radical (unpaired) electrons. The van der Waals surface area contributed by atoms with Gasteiger partial charge in [-0.15, -0.1) is 0 Å². The first-order chi connectivity index (χ1) is 11.9. The molecule has 0 aromatic heterocycles. The number of carbonyl (C=O) groups excluding carboxylic acids is 2. The van der Waals surface area contributed by atoms with Crippen LogP contribution in [-0.2, 0) is 14.3 Å². The number of rotatable bonds is 6. The molecule has 1 aliphatic heterocycles. The van der Waals surface area contributed by atoms with Crippen molar-refractivity contribution in [3.05, 3.63) is 0 Å². The molecular weight excluding hydrogens is 318 g/mol. The van der Waals surface area contributed by atoms with E-state index in [9.17, 15) is 9.59 Å². The van der Waals surface area contributed by atoms with Gasteiger partial charge in [0.15, 0.2) is 0 Å². The highest BCUT2D eigenvalue weighted by molar-refractivity contribution is 5.87. The van der Waals surface area contributed by atoms with E-state index in [1.807, 2.05) is 18.7 Å². The van der Waals surface area contributed by atoms with Crippen LogP contribution in [0, 0.1) is 11.8 Å². The number of amides is 2. The van der Waals surface area contributed by atoms with Crippen molar-refractivity contribution in [3.8, 4) is 0 Å². The lowest BCUT2D eigenvalue weighted by Crippen LogP contribution is -2.49. The third kappa shape index (κ3) is 6.26. The first kappa shape index (κ1) is 20.2. The quantitative estimate of drug-likeness (QED) is 0.761. The van der Waals surface area contributed by atoms with E-state index < -0.39 is 6.04 Å². The van der Waals surface area contributed by atoms with Crippen LogP contribution in [0.2, 0.25) is 0 Å². The molecule has 1 saturated heterocycles. The smallest absolute Gasteiger partial charge is 0.241 e. The highest BCUT2D eigenvalue weighted by Gasteiger charge is 2.27. The van der Waals surface area contributed by atoms with E-state index in [-0.39, 0.29) is 30.4 Å². The summed E-state index contributed by atoms with van der Waals surface area (Å²) in [6, 6.07) is -0.565. The van der Waals surface area contributed by atoms with Crippen LogP contribution in [0.1, 0.15) is 59.3 Å². The van der Waals surface area contributed by atoms with Crippen molar-refractivity contribution in [2.24, 2.45) is 17.6 Å². The van der Waals surface area contributed by atoms with Gasteiger partial charge in [0.25, 0.3) is 0 Å². The molecule has 6 heteroatoms. The van der Waals surface area contributed by atoms with Crippen LogP contribution < -0.4 is 11.1 Å². The second kappa shape index (κ2) is 9.53. The van der Waals surface area contributed by atoms with Crippen molar-refractivity contribution in [2.75, 3.05) is 19.6 Å². The number of nitrogens with zero attached hydrogens (tertiary/aromatic N) is 1. The molecule has 0 unspecified atom stereocenters. The first-order valence-electron chi connectivity index (χ1n) is 9.83.